The van der Waals surface area contributed by atoms with Crippen molar-refractivity contribution >= 4 is 28.8 Å². The van der Waals surface area contributed by atoms with Crippen LogP contribution in [0.4, 0.5) is 5.95 Å². The second-order valence-electron chi connectivity index (χ2n) is 7.27. The van der Waals surface area contributed by atoms with E-state index in [0.29, 0.717) is 45.0 Å². The number of methoxy groups -OCH3 is 1. The number of fused-ring (bicyclic) bond motifs is 4. The minimum Gasteiger partial charge on any atom is -0.383 e. The van der Waals surface area contributed by atoms with Gasteiger partial charge in [0.1, 0.15) is 0 Å². The number of rotatable bonds is 5. The molecule has 4 rings (SSSR count). The largest absolute Gasteiger partial charge is 0.383 e. The lowest BCUT2D eigenvalue weighted by Crippen LogP contribution is -2.44. The van der Waals surface area contributed by atoms with Crippen LogP contribution in [0.1, 0.15) is 10.4 Å². The van der Waals surface area contributed by atoms with E-state index in [1.807, 2.05) is 29.8 Å². The van der Waals surface area contributed by atoms with Crippen LogP contribution in [-0.2, 0) is 21.3 Å². The van der Waals surface area contributed by atoms with Gasteiger partial charge >= 0.3 is 0 Å². The van der Waals surface area contributed by atoms with Crippen molar-refractivity contribution in [1.82, 2.24) is 19.8 Å². The Morgan fingerprint density at radius 2 is 2.25 bits per heavy atom. The Morgan fingerprint density at radius 1 is 1.39 bits per heavy atom. The molecule has 2 aliphatic rings. The average molecular weight is 387 g/mol. The third kappa shape index (κ3) is 3.55. The van der Waals surface area contributed by atoms with Crippen LogP contribution in [0.15, 0.2) is 18.2 Å². The van der Waals surface area contributed by atoms with Gasteiger partial charge in [-0.1, -0.05) is 0 Å². The first-order valence-corrected chi connectivity index (χ1v) is 9.43. The predicted octanol–water partition coefficient (Wildman–Crippen LogP) is 0.219. The zero-order chi connectivity index (χ0) is 19.7. The molecule has 9 heteroatoms. The summed E-state index contributed by atoms with van der Waals surface area (Å²) in [5.74, 6) is 0.277. The van der Waals surface area contributed by atoms with Gasteiger partial charge in [-0.25, -0.2) is 4.98 Å². The van der Waals surface area contributed by atoms with E-state index in [2.05, 4.69) is 15.6 Å². The second kappa shape index (κ2) is 7.76. The zero-order valence-electron chi connectivity index (χ0n) is 16.1. The Kier molecular flexibility index (Phi) is 5.19. The molecule has 2 bridgehead atoms. The van der Waals surface area contributed by atoms with E-state index in [0.717, 1.165) is 17.0 Å². The van der Waals surface area contributed by atoms with Crippen molar-refractivity contribution in [2.75, 3.05) is 51.9 Å². The number of hydrogen-bond acceptors (Lipinski definition) is 6. The van der Waals surface area contributed by atoms with Crippen molar-refractivity contribution in [2.45, 2.75) is 6.04 Å². The van der Waals surface area contributed by atoms with Crippen LogP contribution in [0.5, 0.6) is 0 Å². The molecule has 3 heterocycles. The average Bonchev–Trinajstić information content (AvgIpc) is 2.79. The molecule has 2 amide bonds. The highest BCUT2D eigenvalue weighted by atomic mass is 16.5. The van der Waals surface area contributed by atoms with E-state index in [9.17, 15) is 9.59 Å². The van der Waals surface area contributed by atoms with Gasteiger partial charge in [-0.3, -0.25) is 9.59 Å². The Bertz CT molecular complexity index is 896. The van der Waals surface area contributed by atoms with Crippen LogP contribution in [0, 0.1) is 5.92 Å². The van der Waals surface area contributed by atoms with E-state index >= 15 is 0 Å². The fourth-order valence-corrected chi connectivity index (χ4v) is 3.73. The molecule has 2 aliphatic heterocycles. The first kappa shape index (κ1) is 18.7. The number of aromatic nitrogens is 2. The number of nitrogens with one attached hydrogen (secondary N) is 2. The highest BCUT2D eigenvalue weighted by Crippen LogP contribution is 2.22. The number of nitrogens with zero attached hydrogens (tertiary/aromatic N) is 3. The van der Waals surface area contributed by atoms with Gasteiger partial charge in [0.15, 0.2) is 0 Å². The lowest BCUT2D eigenvalue weighted by atomic mass is 10.1. The second-order valence-corrected chi connectivity index (χ2v) is 7.27. The number of carbonyl (C=O) groups is 2. The maximum absolute atomic E-state index is 13.1. The number of amides is 2. The highest BCUT2D eigenvalue weighted by Gasteiger charge is 2.35. The maximum Gasteiger partial charge on any atom is 0.254 e. The quantitative estimate of drug-likeness (QED) is 0.713. The SMILES string of the molecule is COCCNc1nc2cc(C(=O)N3C[C@H]4COC[C@@H](C3)C(=O)N4)ccc2n1C. The number of carbonyl (C=O) groups excluding carboxylic acids is 2. The molecule has 2 N–H and O–H groups in total. The Hall–Kier alpha value is -2.65. The van der Waals surface area contributed by atoms with Gasteiger partial charge in [0, 0.05) is 39.4 Å². The van der Waals surface area contributed by atoms with Crippen molar-refractivity contribution in [3.05, 3.63) is 23.8 Å². The summed E-state index contributed by atoms with van der Waals surface area (Å²) in [6, 6.07) is 5.37. The fraction of sp³-hybridized carbons (Fsp3) is 0.526. The molecule has 2 atom stereocenters. The number of aryl methyl sites for hydroxylation is 1. The van der Waals surface area contributed by atoms with E-state index in [-0.39, 0.29) is 23.8 Å². The van der Waals surface area contributed by atoms with E-state index in [4.69, 9.17) is 9.47 Å². The summed E-state index contributed by atoms with van der Waals surface area (Å²) in [7, 11) is 3.58. The molecular formula is C19H25N5O4. The summed E-state index contributed by atoms with van der Waals surface area (Å²) in [6.07, 6.45) is 0. The minimum absolute atomic E-state index is 0.0373. The normalized spacial score (nSPS) is 22.1. The molecule has 150 valence electrons. The van der Waals surface area contributed by atoms with Crippen LogP contribution < -0.4 is 10.6 Å². The van der Waals surface area contributed by atoms with Crippen molar-refractivity contribution in [3.63, 3.8) is 0 Å². The summed E-state index contributed by atoms with van der Waals surface area (Å²) in [6.45, 7) is 2.83. The van der Waals surface area contributed by atoms with Crippen LogP contribution >= 0.6 is 0 Å². The van der Waals surface area contributed by atoms with E-state index in [1.54, 1.807) is 12.0 Å². The number of anilines is 1. The van der Waals surface area contributed by atoms with Gasteiger partial charge in [0.05, 0.1) is 42.8 Å². The van der Waals surface area contributed by atoms with Crippen LogP contribution in [0.3, 0.4) is 0 Å². The smallest absolute Gasteiger partial charge is 0.254 e. The molecule has 9 nitrogen and oxygen atoms in total. The Labute approximate surface area is 163 Å². The maximum atomic E-state index is 13.1. The predicted molar refractivity (Wildman–Crippen MR) is 103 cm³/mol. The number of imidazole rings is 1. The van der Waals surface area contributed by atoms with Crippen molar-refractivity contribution in [2.24, 2.45) is 13.0 Å². The Balaban J connectivity index is 1.56. The molecule has 0 saturated carbocycles. The van der Waals surface area contributed by atoms with Crippen LogP contribution in [0.25, 0.3) is 11.0 Å². The Morgan fingerprint density at radius 3 is 3.07 bits per heavy atom. The standard InChI is InChI=1S/C19H25N5O4/c1-23-16-4-3-12(7-15(16)22-19(23)20-5-6-27-2)18(26)24-8-13-10-28-11-14(9-24)21-17(13)25/h3-4,7,13-14H,5-6,8-11H2,1-2H3,(H,20,22)(H,21,25)/t13-,14+/m1/s1. The summed E-state index contributed by atoms with van der Waals surface area (Å²) in [4.78, 5) is 31.6. The monoisotopic (exact) mass is 387 g/mol. The summed E-state index contributed by atoms with van der Waals surface area (Å²) in [5.41, 5.74) is 2.26. The molecule has 2 saturated heterocycles. The zero-order valence-corrected chi connectivity index (χ0v) is 16.1. The molecule has 2 fully saturated rings. The third-order valence-corrected chi connectivity index (χ3v) is 5.24. The molecule has 1 aromatic heterocycles. The summed E-state index contributed by atoms with van der Waals surface area (Å²) >= 11 is 0. The van der Waals surface area contributed by atoms with Crippen molar-refractivity contribution < 1.29 is 19.1 Å². The van der Waals surface area contributed by atoms with Gasteiger partial charge in [-0.15, -0.1) is 0 Å². The first-order valence-electron chi connectivity index (χ1n) is 9.43. The fourth-order valence-electron chi connectivity index (χ4n) is 3.73. The lowest BCUT2D eigenvalue weighted by molar-refractivity contribution is -0.125. The van der Waals surface area contributed by atoms with Crippen molar-refractivity contribution in [1.29, 1.82) is 0 Å². The molecule has 0 spiro atoms. The lowest BCUT2D eigenvalue weighted by Gasteiger charge is -2.27. The van der Waals surface area contributed by atoms with Gasteiger partial charge in [0.2, 0.25) is 11.9 Å². The van der Waals surface area contributed by atoms with E-state index in [1.165, 1.54) is 0 Å². The number of hydrogen-bond donors (Lipinski definition) is 2. The summed E-state index contributed by atoms with van der Waals surface area (Å²) < 4.78 is 12.5. The van der Waals surface area contributed by atoms with Crippen LogP contribution in [-0.4, -0.2) is 78.9 Å². The minimum atomic E-state index is -0.327. The van der Waals surface area contributed by atoms with Gasteiger partial charge < -0.3 is 29.6 Å². The first-order chi connectivity index (χ1) is 13.6. The highest BCUT2D eigenvalue weighted by molar-refractivity contribution is 5.98. The third-order valence-electron chi connectivity index (χ3n) is 5.24. The molecular weight excluding hydrogens is 362 g/mol. The van der Waals surface area contributed by atoms with E-state index < -0.39 is 0 Å². The molecule has 0 aliphatic carbocycles. The molecule has 1 aromatic carbocycles. The molecule has 0 radical (unpaired) electrons. The molecule has 0 unspecified atom stereocenters. The number of benzene rings is 1. The van der Waals surface area contributed by atoms with Gasteiger partial charge in [-0.05, 0) is 18.2 Å². The van der Waals surface area contributed by atoms with Crippen LogP contribution in [0.2, 0.25) is 0 Å². The molecule has 2 aromatic rings. The topological polar surface area (TPSA) is 97.7 Å². The number of ether oxygens (including phenoxy) is 2. The van der Waals surface area contributed by atoms with Gasteiger partial charge in [-0.2, -0.15) is 0 Å². The van der Waals surface area contributed by atoms with Crippen molar-refractivity contribution in [3.8, 4) is 0 Å². The summed E-state index contributed by atoms with van der Waals surface area (Å²) in [5, 5.41) is 6.18. The van der Waals surface area contributed by atoms with Gasteiger partial charge in [0.25, 0.3) is 5.91 Å². The molecule has 28 heavy (non-hydrogen) atoms.